The summed E-state index contributed by atoms with van der Waals surface area (Å²) >= 11 is 11.9. The molecule has 5 heteroatoms. The fourth-order valence-electron chi connectivity index (χ4n) is 2.94. The van der Waals surface area contributed by atoms with Crippen LogP contribution in [0.3, 0.4) is 0 Å². The first kappa shape index (κ1) is 16.3. The molecule has 2 aromatic carbocycles. The van der Waals surface area contributed by atoms with Crippen LogP contribution in [-0.4, -0.2) is 17.1 Å². The molecule has 0 bridgehead atoms. The summed E-state index contributed by atoms with van der Waals surface area (Å²) in [5, 5.41) is 14.0. The Morgan fingerprint density at radius 3 is 2.70 bits per heavy atom. The molecule has 2 N–H and O–H groups in total. The molecule has 120 valence electrons. The Morgan fingerprint density at radius 1 is 1.17 bits per heavy atom. The number of rotatable bonds is 2. The monoisotopic (exact) mass is 349 g/mol. The number of benzene rings is 2. The van der Waals surface area contributed by atoms with Crippen LogP contribution >= 0.6 is 23.2 Å². The Labute approximate surface area is 145 Å². The predicted molar refractivity (Wildman–Crippen MR) is 92.2 cm³/mol. The van der Waals surface area contributed by atoms with E-state index in [1.165, 1.54) is 11.6 Å². The number of carbonyl (C=O) groups is 1. The van der Waals surface area contributed by atoms with E-state index in [2.05, 4.69) is 11.4 Å². The van der Waals surface area contributed by atoms with Gasteiger partial charge in [0, 0.05) is 5.56 Å². The second-order valence-electron chi connectivity index (χ2n) is 5.89. The van der Waals surface area contributed by atoms with Crippen molar-refractivity contribution in [1.82, 2.24) is 5.32 Å². The highest BCUT2D eigenvalue weighted by Crippen LogP contribution is 2.31. The van der Waals surface area contributed by atoms with E-state index < -0.39 is 12.1 Å². The fourth-order valence-corrected chi connectivity index (χ4v) is 3.24. The first-order valence-corrected chi connectivity index (χ1v) is 8.24. The first-order valence-electron chi connectivity index (χ1n) is 7.49. The SMILES string of the molecule is Cc1ccc2c(c1)[C@@H](NC(=O)c1ccc(Cl)c(Cl)c1)[C@H](O)CC2. The quantitative estimate of drug-likeness (QED) is 0.858. The van der Waals surface area contributed by atoms with Crippen molar-refractivity contribution in [3.05, 3.63) is 68.7 Å². The maximum absolute atomic E-state index is 12.5. The van der Waals surface area contributed by atoms with E-state index in [1.54, 1.807) is 12.1 Å². The number of halogens is 2. The number of aliphatic hydroxyl groups is 1. The number of hydrogen-bond acceptors (Lipinski definition) is 2. The third-order valence-electron chi connectivity index (χ3n) is 4.20. The molecule has 3 rings (SSSR count). The van der Waals surface area contributed by atoms with Crippen molar-refractivity contribution in [2.75, 3.05) is 0 Å². The average Bonchev–Trinajstić information content (AvgIpc) is 2.52. The van der Waals surface area contributed by atoms with Crippen molar-refractivity contribution in [3.63, 3.8) is 0 Å². The lowest BCUT2D eigenvalue weighted by molar-refractivity contribution is 0.0791. The van der Waals surface area contributed by atoms with Gasteiger partial charge in [0.05, 0.1) is 22.2 Å². The van der Waals surface area contributed by atoms with Crippen LogP contribution < -0.4 is 5.32 Å². The number of aliphatic hydroxyl groups excluding tert-OH is 1. The van der Waals surface area contributed by atoms with Crippen LogP contribution in [0.2, 0.25) is 10.0 Å². The van der Waals surface area contributed by atoms with Crippen molar-refractivity contribution in [3.8, 4) is 0 Å². The molecule has 0 saturated carbocycles. The van der Waals surface area contributed by atoms with Crippen molar-refractivity contribution in [1.29, 1.82) is 0 Å². The van der Waals surface area contributed by atoms with Crippen molar-refractivity contribution >= 4 is 29.1 Å². The summed E-state index contributed by atoms with van der Waals surface area (Å²) in [6.45, 7) is 2.00. The minimum absolute atomic E-state index is 0.276. The van der Waals surface area contributed by atoms with Gasteiger partial charge in [-0.3, -0.25) is 4.79 Å². The number of nitrogens with one attached hydrogen (secondary N) is 1. The Balaban J connectivity index is 1.88. The maximum atomic E-state index is 12.5. The van der Waals surface area contributed by atoms with Gasteiger partial charge in [-0.2, -0.15) is 0 Å². The zero-order valence-electron chi connectivity index (χ0n) is 12.6. The molecule has 0 heterocycles. The lowest BCUT2D eigenvalue weighted by Crippen LogP contribution is -2.39. The van der Waals surface area contributed by atoms with Crippen molar-refractivity contribution < 1.29 is 9.90 Å². The molecule has 0 saturated heterocycles. The fraction of sp³-hybridized carbons (Fsp3) is 0.278. The molecule has 1 amide bonds. The van der Waals surface area contributed by atoms with Crippen LogP contribution in [0.4, 0.5) is 0 Å². The van der Waals surface area contributed by atoms with Gasteiger partial charge < -0.3 is 10.4 Å². The van der Waals surface area contributed by atoms with Crippen LogP contribution in [0.5, 0.6) is 0 Å². The van der Waals surface area contributed by atoms with Crippen LogP contribution in [0.25, 0.3) is 0 Å². The largest absolute Gasteiger partial charge is 0.391 e. The number of fused-ring (bicyclic) bond motifs is 1. The highest BCUT2D eigenvalue weighted by atomic mass is 35.5. The molecule has 0 unspecified atom stereocenters. The van der Waals surface area contributed by atoms with E-state index in [0.717, 1.165) is 17.5 Å². The summed E-state index contributed by atoms with van der Waals surface area (Å²) in [5.41, 5.74) is 3.68. The van der Waals surface area contributed by atoms with Gasteiger partial charge in [0.15, 0.2) is 0 Å². The van der Waals surface area contributed by atoms with Crippen molar-refractivity contribution in [2.24, 2.45) is 0 Å². The lowest BCUT2D eigenvalue weighted by atomic mass is 9.84. The van der Waals surface area contributed by atoms with Gasteiger partial charge in [-0.25, -0.2) is 0 Å². The van der Waals surface area contributed by atoms with E-state index in [4.69, 9.17) is 23.2 Å². The van der Waals surface area contributed by atoms with Gasteiger partial charge in [-0.1, -0.05) is 47.0 Å². The predicted octanol–water partition coefficient (Wildman–Crippen LogP) is 4.08. The molecule has 0 spiro atoms. The number of amides is 1. The Hall–Kier alpha value is -1.55. The van der Waals surface area contributed by atoms with Gasteiger partial charge >= 0.3 is 0 Å². The highest BCUT2D eigenvalue weighted by molar-refractivity contribution is 6.42. The third-order valence-corrected chi connectivity index (χ3v) is 4.94. The summed E-state index contributed by atoms with van der Waals surface area (Å²) in [7, 11) is 0. The minimum Gasteiger partial charge on any atom is -0.391 e. The Morgan fingerprint density at radius 2 is 1.96 bits per heavy atom. The normalized spacial score (nSPS) is 20.0. The summed E-state index contributed by atoms with van der Waals surface area (Å²) in [5.74, 6) is -0.276. The van der Waals surface area contributed by atoms with Gasteiger partial charge in [0.1, 0.15) is 0 Å². The Kier molecular flexibility index (Phi) is 4.62. The van der Waals surface area contributed by atoms with E-state index >= 15 is 0 Å². The van der Waals surface area contributed by atoms with Gasteiger partial charge in [-0.15, -0.1) is 0 Å². The number of aryl methyl sites for hydroxylation is 2. The van der Waals surface area contributed by atoms with Crippen LogP contribution in [-0.2, 0) is 6.42 Å². The highest BCUT2D eigenvalue weighted by Gasteiger charge is 2.29. The standard InChI is InChI=1S/C18H17Cl2NO2/c1-10-2-3-11-5-7-16(22)17(13(11)8-10)21-18(23)12-4-6-14(19)15(20)9-12/h2-4,6,8-9,16-17,22H,5,7H2,1H3,(H,21,23)/t16-,17-/m1/s1. The van der Waals surface area contributed by atoms with Gasteiger partial charge in [-0.05, 0) is 49.1 Å². The molecule has 2 atom stereocenters. The van der Waals surface area contributed by atoms with Crippen molar-refractivity contribution in [2.45, 2.75) is 31.9 Å². The van der Waals surface area contributed by atoms with E-state index in [-0.39, 0.29) is 5.91 Å². The van der Waals surface area contributed by atoms with E-state index in [1.807, 2.05) is 19.1 Å². The van der Waals surface area contributed by atoms with Gasteiger partial charge in [0.2, 0.25) is 0 Å². The second kappa shape index (κ2) is 6.52. The molecule has 3 nitrogen and oxygen atoms in total. The average molecular weight is 350 g/mol. The summed E-state index contributed by atoms with van der Waals surface area (Å²) < 4.78 is 0. The zero-order valence-corrected chi connectivity index (χ0v) is 14.2. The van der Waals surface area contributed by atoms with Crippen LogP contribution in [0.1, 0.15) is 39.5 Å². The summed E-state index contributed by atoms with van der Waals surface area (Å²) in [4.78, 5) is 12.5. The zero-order chi connectivity index (χ0) is 16.6. The molecule has 1 aliphatic carbocycles. The summed E-state index contributed by atoms with van der Waals surface area (Å²) in [6.07, 6.45) is 0.842. The topological polar surface area (TPSA) is 49.3 Å². The van der Waals surface area contributed by atoms with Crippen LogP contribution in [0.15, 0.2) is 36.4 Å². The summed E-state index contributed by atoms with van der Waals surface area (Å²) in [6, 6.07) is 10.5. The molecule has 23 heavy (non-hydrogen) atoms. The first-order chi connectivity index (χ1) is 11.0. The maximum Gasteiger partial charge on any atom is 0.251 e. The molecule has 2 aromatic rings. The lowest BCUT2D eigenvalue weighted by Gasteiger charge is -2.31. The molecule has 1 aliphatic rings. The van der Waals surface area contributed by atoms with Gasteiger partial charge in [0.25, 0.3) is 5.91 Å². The van der Waals surface area contributed by atoms with E-state index in [0.29, 0.717) is 22.0 Å². The molecular formula is C18H17Cl2NO2. The Bertz CT molecular complexity index is 761. The second-order valence-corrected chi connectivity index (χ2v) is 6.70. The molecule has 0 aliphatic heterocycles. The molecular weight excluding hydrogens is 333 g/mol. The smallest absolute Gasteiger partial charge is 0.251 e. The molecule has 0 aromatic heterocycles. The molecule has 0 radical (unpaired) electrons. The minimum atomic E-state index is -0.601. The van der Waals surface area contributed by atoms with E-state index in [9.17, 15) is 9.90 Å². The number of carbonyl (C=O) groups excluding carboxylic acids is 1. The molecule has 0 fully saturated rings. The number of hydrogen-bond donors (Lipinski definition) is 2. The third kappa shape index (κ3) is 3.37. The van der Waals surface area contributed by atoms with Crippen LogP contribution in [0, 0.1) is 6.92 Å².